The van der Waals surface area contributed by atoms with E-state index in [2.05, 4.69) is 10.2 Å². The second-order valence-corrected chi connectivity index (χ2v) is 4.32. The number of aromatic nitrogens is 2. The molecule has 0 fully saturated rings. The maximum atomic E-state index is 6.37. The molecule has 2 nitrogen and oxygen atoms in total. The molecule has 18 heavy (non-hydrogen) atoms. The normalized spacial score (nSPS) is 10.5. The number of nitrogens with zero attached hydrogens (tertiary/aromatic N) is 2. The molecule has 0 radical (unpaired) electrons. The molecule has 3 heteroatoms. The maximum Gasteiger partial charge on any atom is 0.0662 e. The molecule has 2 aromatic carbocycles. The van der Waals surface area contributed by atoms with Crippen LogP contribution in [-0.4, -0.2) is 5.10 Å². The zero-order valence-corrected chi connectivity index (χ0v) is 10.3. The lowest BCUT2D eigenvalue weighted by molar-refractivity contribution is 1.07. The third kappa shape index (κ3) is 1.91. The fourth-order valence-electron chi connectivity index (χ4n) is 1.86. The molecule has 0 amide bonds. The Bertz CT molecular complexity index is 588. The second-order valence-electron chi connectivity index (χ2n) is 3.94. The van der Waals surface area contributed by atoms with E-state index in [4.69, 9.17) is 11.6 Å². The van der Waals surface area contributed by atoms with Gasteiger partial charge in [0.15, 0.2) is 0 Å². The molecular formula is C15H10ClN2-. The van der Waals surface area contributed by atoms with Crippen LogP contribution >= 0.6 is 11.6 Å². The van der Waals surface area contributed by atoms with Crippen molar-refractivity contribution in [3.8, 4) is 22.5 Å². The van der Waals surface area contributed by atoms with Gasteiger partial charge in [-0.3, -0.25) is 0 Å². The first-order valence-electron chi connectivity index (χ1n) is 5.66. The smallest absolute Gasteiger partial charge is 0.0662 e. The Hall–Kier alpha value is -2.06. The maximum absolute atomic E-state index is 6.37. The minimum absolute atomic E-state index is 0.604. The molecule has 0 aliphatic rings. The van der Waals surface area contributed by atoms with Gasteiger partial charge in [0, 0.05) is 0 Å². The van der Waals surface area contributed by atoms with Crippen LogP contribution in [0.2, 0.25) is 5.02 Å². The first-order chi connectivity index (χ1) is 8.86. The third-order valence-corrected chi connectivity index (χ3v) is 3.12. The molecule has 1 heterocycles. The number of rotatable bonds is 2. The first kappa shape index (κ1) is 11.1. The average Bonchev–Trinajstić information content (AvgIpc) is 2.83. The Balaban J connectivity index is 2.09. The van der Waals surface area contributed by atoms with Crippen LogP contribution in [0.15, 0.2) is 60.7 Å². The quantitative estimate of drug-likeness (QED) is 0.690. The minimum Gasteiger partial charge on any atom is -0.573 e. The van der Waals surface area contributed by atoms with E-state index in [0.717, 1.165) is 22.5 Å². The van der Waals surface area contributed by atoms with Crippen molar-refractivity contribution in [2.24, 2.45) is 0 Å². The molecule has 0 aliphatic carbocycles. The van der Waals surface area contributed by atoms with Crippen LogP contribution in [0, 0.1) is 0 Å². The van der Waals surface area contributed by atoms with Gasteiger partial charge < -0.3 is 10.2 Å². The van der Waals surface area contributed by atoms with Crippen LogP contribution in [0.4, 0.5) is 0 Å². The summed E-state index contributed by atoms with van der Waals surface area (Å²) in [6.45, 7) is 0. The number of halogens is 1. The predicted octanol–water partition coefficient (Wildman–Crippen LogP) is 4.03. The molecule has 0 unspecified atom stereocenters. The molecule has 0 N–H and O–H groups in total. The SMILES string of the molecule is Clc1c(-c2ccccc2)n[n-]c1-c1ccccc1. The molecule has 3 rings (SSSR count). The van der Waals surface area contributed by atoms with Crippen molar-refractivity contribution in [3.63, 3.8) is 0 Å². The lowest BCUT2D eigenvalue weighted by atomic mass is 10.1. The standard InChI is InChI=1S/C15H10ClN2/c16-13-14(11-7-3-1-4-8-11)17-18-15(13)12-9-5-2-6-10-12/h1-10H/q-1. The Kier molecular flexibility index (Phi) is 2.87. The Morgan fingerprint density at radius 3 is 1.94 bits per heavy atom. The monoisotopic (exact) mass is 253 g/mol. The largest absolute Gasteiger partial charge is 0.573 e. The fourth-order valence-corrected chi connectivity index (χ4v) is 2.15. The average molecular weight is 254 g/mol. The lowest BCUT2D eigenvalue weighted by Gasteiger charge is -2.05. The molecular weight excluding hydrogens is 244 g/mol. The van der Waals surface area contributed by atoms with Crippen molar-refractivity contribution in [2.45, 2.75) is 0 Å². The van der Waals surface area contributed by atoms with Gasteiger partial charge in [-0.15, -0.1) is 0 Å². The van der Waals surface area contributed by atoms with Crippen LogP contribution < -0.4 is 5.10 Å². The van der Waals surface area contributed by atoms with Crippen LogP contribution in [0.1, 0.15) is 0 Å². The van der Waals surface area contributed by atoms with E-state index < -0.39 is 0 Å². The van der Waals surface area contributed by atoms with E-state index in [9.17, 15) is 0 Å². The summed E-state index contributed by atoms with van der Waals surface area (Å²) in [5.41, 5.74) is 3.43. The third-order valence-electron chi connectivity index (χ3n) is 2.76. The lowest BCUT2D eigenvalue weighted by Crippen LogP contribution is -1.79. The van der Waals surface area contributed by atoms with Gasteiger partial charge in [0.05, 0.1) is 10.7 Å². The molecule has 3 aromatic rings. The van der Waals surface area contributed by atoms with Crippen molar-refractivity contribution < 1.29 is 0 Å². The fraction of sp³-hybridized carbons (Fsp3) is 0. The van der Waals surface area contributed by atoms with E-state index in [1.165, 1.54) is 0 Å². The summed E-state index contributed by atoms with van der Waals surface area (Å²) in [5.74, 6) is 0. The van der Waals surface area contributed by atoms with Crippen molar-refractivity contribution >= 4 is 11.6 Å². The highest BCUT2D eigenvalue weighted by Crippen LogP contribution is 2.33. The summed E-state index contributed by atoms with van der Waals surface area (Å²) in [7, 11) is 0. The van der Waals surface area contributed by atoms with Crippen LogP contribution in [0.3, 0.4) is 0 Å². The van der Waals surface area contributed by atoms with Crippen molar-refractivity contribution in [1.82, 2.24) is 10.2 Å². The molecule has 1 aromatic heterocycles. The summed E-state index contributed by atoms with van der Waals surface area (Å²) in [5, 5.41) is 8.96. The topological polar surface area (TPSA) is 27.0 Å². The van der Waals surface area contributed by atoms with Crippen LogP contribution in [-0.2, 0) is 0 Å². The Labute approximate surface area is 110 Å². The van der Waals surface area contributed by atoms with Gasteiger partial charge in [-0.1, -0.05) is 78.0 Å². The van der Waals surface area contributed by atoms with Crippen molar-refractivity contribution in [3.05, 3.63) is 65.7 Å². The highest BCUT2D eigenvalue weighted by molar-refractivity contribution is 6.35. The molecule has 0 bridgehead atoms. The highest BCUT2D eigenvalue weighted by Gasteiger charge is 2.06. The van der Waals surface area contributed by atoms with Gasteiger partial charge in [0.2, 0.25) is 0 Å². The predicted molar refractivity (Wildman–Crippen MR) is 73.4 cm³/mol. The van der Waals surface area contributed by atoms with E-state index >= 15 is 0 Å². The molecule has 0 atom stereocenters. The molecule has 0 spiro atoms. The van der Waals surface area contributed by atoms with Gasteiger partial charge in [0.1, 0.15) is 0 Å². The van der Waals surface area contributed by atoms with E-state index in [1.807, 2.05) is 60.7 Å². The molecule has 0 saturated heterocycles. The summed E-state index contributed by atoms with van der Waals surface area (Å²) < 4.78 is 0. The highest BCUT2D eigenvalue weighted by atomic mass is 35.5. The van der Waals surface area contributed by atoms with Crippen molar-refractivity contribution in [2.75, 3.05) is 0 Å². The summed E-state index contributed by atoms with van der Waals surface area (Å²) in [4.78, 5) is 0. The zero-order valence-electron chi connectivity index (χ0n) is 9.55. The van der Waals surface area contributed by atoms with Gasteiger partial charge in [-0.2, -0.15) is 0 Å². The number of hydrogen-bond donors (Lipinski definition) is 0. The summed E-state index contributed by atoms with van der Waals surface area (Å²) >= 11 is 6.37. The van der Waals surface area contributed by atoms with E-state index in [1.54, 1.807) is 0 Å². The Morgan fingerprint density at radius 2 is 1.33 bits per heavy atom. The second kappa shape index (κ2) is 4.67. The Morgan fingerprint density at radius 1 is 0.778 bits per heavy atom. The van der Waals surface area contributed by atoms with Gasteiger partial charge in [-0.25, -0.2) is 0 Å². The summed E-state index contributed by atoms with van der Waals surface area (Å²) in [6, 6.07) is 19.7. The van der Waals surface area contributed by atoms with E-state index in [0.29, 0.717) is 5.02 Å². The number of benzene rings is 2. The van der Waals surface area contributed by atoms with Crippen LogP contribution in [0.25, 0.3) is 22.5 Å². The zero-order chi connectivity index (χ0) is 12.4. The number of hydrogen-bond acceptors (Lipinski definition) is 1. The summed E-state index contributed by atoms with van der Waals surface area (Å²) in [6.07, 6.45) is 0. The molecule has 88 valence electrons. The van der Waals surface area contributed by atoms with Gasteiger partial charge in [0.25, 0.3) is 0 Å². The molecule has 0 saturated carbocycles. The van der Waals surface area contributed by atoms with Gasteiger partial charge >= 0.3 is 0 Å². The molecule has 0 aliphatic heterocycles. The van der Waals surface area contributed by atoms with Gasteiger partial charge in [-0.05, 0) is 11.1 Å². The van der Waals surface area contributed by atoms with E-state index in [-0.39, 0.29) is 0 Å². The van der Waals surface area contributed by atoms with Crippen molar-refractivity contribution in [1.29, 1.82) is 0 Å². The minimum atomic E-state index is 0.604. The van der Waals surface area contributed by atoms with Crippen LogP contribution in [0.5, 0.6) is 0 Å². The first-order valence-corrected chi connectivity index (χ1v) is 6.04.